The molecule has 1 aliphatic rings. The van der Waals surface area contributed by atoms with Crippen molar-refractivity contribution in [2.75, 3.05) is 11.9 Å². The number of anilines is 1. The summed E-state index contributed by atoms with van der Waals surface area (Å²) in [6.45, 7) is 4.11. The molecule has 2 rings (SSSR count). The van der Waals surface area contributed by atoms with Crippen molar-refractivity contribution < 1.29 is 14.7 Å². The summed E-state index contributed by atoms with van der Waals surface area (Å²) < 4.78 is 0. The van der Waals surface area contributed by atoms with Crippen LogP contribution in [0.3, 0.4) is 0 Å². The van der Waals surface area contributed by atoms with Crippen molar-refractivity contribution in [3.63, 3.8) is 0 Å². The molecule has 1 aliphatic carbocycles. The summed E-state index contributed by atoms with van der Waals surface area (Å²) >= 11 is 0. The highest BCUT2D eigenvalue weighted by Gasteiger charge is 2.23. The first-order valence-corrected chi connectivity index (χ1v) is 8.10. The van der Waals surface area contributed by atoms with Crippen molar-refractivity contribution in [2.24, 2.45) is 5.92 Å². The molecular formula is C18H24N2O3. The number of carbonyl (C=O) groups excluding carboxylic acids is 2. The van der Waals surface area contributed by atoms with Crippen LogP contribution in [0.15, 0.2) is 30.4 Å². The van der Waals surface area contributed by atoms with Crippen molar-refractivity contribution in [1.82, 2.24) is 5.32 Å². The lowest BCUT2D eigenvalue weighted by molar-refractivity contribution is -0.136. The Labute approximate surface area is 136 Å². The monoisotopic (exact) mass is 316 g/mol. The summed E-state index contributed by atoms with van der Waals surface area (Å²) in [6, 6.07) is 5.74. The number of aryl methyl sites for hydroxylation is 2. The Kier molecular flexibility index (Phi) is 5.93. The Morgan fingerprint density at radius 2 is 1.96 bits per heavy atom. The van der Waals surface area contributed by atoms with Gasteiger partial charge in [0.25, 0.3) is 0 Å². The predicted molar refractivity (Wildman–Crippen MR) is 90.1 cm³/mol. The minimum Gasteiger partial charge on any atom is -0.396 e. The molecule has 0 spiro atoms. The molecule has 1 aromatic carbocycles. The molecule has 0 heterocycles. The number of aliphatic hydroxyl groups is 1. The maximum absolute atomic E-state index is 12.1. The van der Waals surface area contributed by atoms with E-state index in [1.165, 1.54) is 0 Å². The van der Waals surface area contributed by atoms with Gasteiger partial charge in [0.2, 0.25) is 0 Å². The Morgan fingerprint density at radius 1 is 1.17 bits per heavy atom. The second-order valence-corrected chi connectivity index (χ2v) is 5.80. The van der Waals surface area contributed by atoms with Gasteiger partial charge in [0.05, 0.1) is 0 Å². The van der Waals surface area contributed by atoms with Gasteiger partial charge in [-0.2, -0.15) is 0 Å². The standard InChI is InChI=1S/C18H24N2O3/c1-3-12-5-7-14(4-2)16(10-12)20-18(23)17(22)19-15-8-6-13(9-15)11-21/h5-8,10,13,15,21H,3-4,9,11H2,1-2H3,(H,19,22)(H,20,23)/t13-,15+/m0/s1. The molecule has 2 atom stereocenters. The zero-order valence-corrected chi connectivity index (χ0v) is 13.6. The number of hydrogen-bond acceptors (Lipinski definition) is 3. The first-order valence-electron chi connectivity index (χ1n) is 8.10. The largest absolute Gasteiger partial charge is 0.396 e. The average Bonchev–Trinajstić information content (AvgIpc) is 3.02. The smallest absolute Gasteiger partial charge is 0.313 e. The molecule has 0 aliphatic heterocycles. The molecule has 1 aromatic rings. The van der Waals surface area contributed by atoms with E-state index in [1.54, 1.807) is 0 Å². The van der Waals surface area contributed by atoms with Gasteiger partial charge in [0, 0.05) is 24.3 Å². The van der Waals surface area contributed by atoms with E-state index in [2.05, 4.69) is 10.6 Å². The van der Waals surface area contributed by atoms with Gasteiger partial charge in [-0.3, -0.25) is 9.59 Å². The van der Waals surface area contributed by atoms with E-state index in [9.17, 15) is 9.59 Å². The van der Waals surface area contributed by atoms with Crippen LogP contribution in [-0.4, -0.2) is 29.6 Å². The summed E-state index contributed by atoms with van der Waals surface area (Å²) in [4.78, 5) is 24.2. The number of hydrogen-bond donors (Lipinski definition) is 3. The molecule has 5 heteroatoms. The first-order chi connectivity index (χ1) is 11.1. The van der Waals surface area contributed by atoms with Crippen LogP contribution in [0.25, 0.3) is 0 Å². The molecular weight excluding hydrogens is 292 g/mol. The first kappa shape index (κ1) is 17.2. The zero-order chi connectivity index (χ0) is 16.8. The molecule has 0 saturated heterocycles. The molecule has 5 nitrogen and oxygen atoms in total. The van der Waals surface area contributed by atoms with Crippen LogP contribution < -0.4 is 10.6 Å². The van der Waals surface area contributed by atoms with Gasteiger partial charge in [-0.25, -0.2) is 0 Å². The third kappa shape index (κ3) is 4.42. The number of nitrogens with one attached hydrogen (secondary N) is 2. The number of carbonyl (C=O) groups is 2. The maximum Gasteiger partial charge on any atom is 0.313 e. The summed E-state index contributed by atoms with van der Waals surface area (Å²) in [5.74, 6) is -1.26. The average molecular weight is 316 g/mol. The van der Waals surface area contributed by atoms with Gasteiger partial charge >= 0.3 is 11.8 Å². The predicted octanol–water partition coefficient (Wildman–Crippen LogP) is 1.80. The minimum atomic E-state index is -0.659. The Morgan fingerprint density at radius 3 is 2.57 bits per heavy atom. The van der Waals surface area contributed by atoms with Crippen LogP contribution in [0.4, 0.5) is 5.69 Å². The summed E-state index contributed by atoms with van der Waals surface area (Å²) in [5, 5.41) is 14.5. The van der Waals surface area contributed by atoms with Crippen LogP contribution in [0, 0.1) is 5.92 Å². The van der Waals surface area contributed by atoms with E-state index in [-0.39, 0.29) is 18.6 Å². The van der Waals surface area contributed by atoms with Crippen LogP contribution >= 0.6 is 0 Å². The lowest BCUT2D eigenvalue weighted by Crippen LogP contribution is -2.40. The Hall–Kier alpha value is -2.14. The third-order valence-corrected chi connectivity index (χ3v) is 4.14. The van der Waals surface area contributed by atoms with Gasteiger partial charge in [-0.1, -0.05) is 38.1 Å². The van der Waals surface area contributed by atoms with E-state index in [4.69, 9.17) is 5.11 Å². The zero-order valence-electron chi connectivity index (χ0n) is 13.6. The highest BCUT2D eigenvalue weighted by molar-refractivity contribution is 6.39. The molecule has 3 N–H and O–H groups in total. The normalized spacial score (nSPS) is 19.6. The molecule has 0 bridgehead atoms. The Balaban J connectivity index is 1.98. The summed E-state index contributed by atoms with van der Waals surface area (Å²) in [7, 11) is 0. The number of amides is 2. The van der Waals surface area contributed by atoms with Gasteiger partial charge in [-0.15, -0.1) is 0 Å². The molecule has 2 amide bonds. The van der Waals surface area contributed by atoms with Crippen LogP contribution in [0.5, 0.6) is 0 Å². The second-order valence-electron chi connectivity index (χ2n) is 5.80. The van der Waals surface area contributed by atoms with Crippen molar-refractivity contribution in [3.05, 3.63) is 41.5 Å². The van der Waals surface area contributed by atoms with Crippen molar-refractivity contribution in [3.8, 4) is 0 Å². The van der Waals surface area contributed by atoms with Crippen LogP contribution in [-0.2, 0) is 22.4 Å². The molecule has 23 heavy (non-hydrogen) atoms. The van der Waals surface area contributed by atoms with Gasteiger partial charge in [-0.05, 0) is 36.5 Å². The lowest BCUT2D eigenvalue weighted by Gasteiger charge is -2.14. The van der Waals surface area contributed by atoms with Crippen molar-refractivity contribution in [1.29, 1.82) is 0 Å². The fraction of sp³-hybridized carbons (Fsp3) is 0.444. The highest BCUT2D eigenvalue weighted by Crippen LogP contribution is 2.19. The number of aliphatic hydroxyl groups excluding tert-OH is 1. The van der Waals surface area contributed by atoms with Gasteiger partial charge in [0.15, 0.2) is 0 Å². The van der Waals surface area contributed by atoms with Gasteiger partial charge < -0.3 is 15.7 Å². The van der Waals surface area contributed by atoms with Crippen LogP contribution in [0.2, 0.25) is 0 Å². The lowest BCUT2D eigenvalue weighted by atomic mass is 10.1. The number of benzene rings is 1. The van der Waals surface area contributed by atoms with Crippen molar-refractivity contribution in [2.45, 2.75) is 39.2 Å². The topological polar surface area (TPSA) is 78.4 Å². The van der Waals surface area contributed by atoms with E-state index in [0.717, 1.165) is 24.0 Å². The quantitative estimate of drug-likeness (QED) is 0.572. The fourth-order valence-electron chi connectivity index (χ4n) is 2.70. The molecule has 124 valence electrons. The van der Waals surface area contributed by atoms with E-state index in [0.29, 0.717) is 12.1 Å². The molecule has 0 saturated carbocycles. The minimum absolute atomic E-state index is 0.0521. The van der Waals surface area contributed by atoms with Gasteiger partial charge in [0.1, 0.15) is 0 Å². The van der Waals surface area contributed by atoms with Crippen LogP contribution in [0.1, 0.15) is 31.4 Å². The van der Waals surface area contributed by atoms with Crippen molar-refractivity contribution >= 4 is 17.5 Å². The number of rotatable bonds is 5. The highest BCUT2D eigenvalue weighted by atomic mass is 16.3. The third-order valence-electron chi connectivity index (χ3n) is 4.14. The molecule has 0 unspecified atom stereocenters. The van der Waals surface area contributed by atoms with E-state index < -0.39 is 11.8 Å². The SMILES string of the molecule is CCc1ccc(CC)c(NC(=O)C(=O)N[C@@H]2C=C[C@H](CO)C2)c1. The maximum atomic E-state index is 12.1. The molecule has 0 fully saturated rings. The summed E-state index contributed by atoms with van der Waals surface area (Å²) in [6.07, 6.45) is 5.96. The Bertz CT molecular complexity index is 610. The molecule has 0 radical (unpaired) electrons. The van der Waals surface area contributed by atoms with E-state index >= 15 is 0 Å². The fourth-order valence-corrected chi connectivity index (χ4v) is 2.70. The van der Waals surface area contributed by atoms with E-state index in [1.807, 2.05) is 44.2 Å². The molecule has 0 aromatic heterocycles. The second kappa shape index (κ2) is 7.92. The summed E-state index contributed by atoms with van der Waals surface area (Å²) in [5.41, 5.74) is 2.81.